The third-order valence-corrected chi connectivity index (χ3v) is 3.76. The fourth-order valence-electron chi connectivity index (χ4n) is 2.47. The summed E-state index contributed by atoms with van der Waals surface area (Å²) in [5.41, 5.74) is 1.99. The number of nitrogens with zero attached hydrogens (tertiary/aromatic N) is 2. The fraction of sp³-hybridized carbons (Fsp3) is 0.421. The Bertz CT molecular complexity index is 731. The van der Waals surface area contributed by atoms with Gasteiger partial charge in [0.15, 0.2) is 0 Å². The molecule has 0 saturated carbocycles. The Morgan fingerprint density at radius 1 is 1.16 bits per heavy atom. The highest BCUT2D eigenvalue weighted by Gasteiger charge is 2.13. The largest absolute Gasteiger partial charge is 0.495 e. The first-order valence-corrected chi connectivity index (χ1v) is 8.59. The van der Waals surface area contributed by atoms with Gasteiger partial charge in [-0.15, -0.1) is 0 Å². The van der Waals surface area contributed by atoms with Gasteiger partial charge >= 0.3 is 0 Å². The van der Waals surface area contributed by atoms with Gasteiger partial charge in [-0.25, -0.2) is 9.97 Å². The summed E-state index contributed by atoms with van der Waals surface area (Å²) in [5.74, 6) is 1.56. The lowest BCUT2D eigenvalue weighted by molar-refractivity contribution is 0.102. The van der Waals surface area contributed by atoms with Gasteiger partial charge in [-0.1, -0.05) is 25.8 Å². The highest BCUT2D eigenvalue weighted by Crippen LogP contribution is 2.25. The van der Waals surface area contributed by atoms with Crippen LogP contribution in [-0.2, 0) is 0 Å². The molecular weight excluding hydrogens is 316 g/mol. The van der Waals surface area contributed by atoms with Crippen LogP contribution in [-0.4, -0.2) is 29.5 Å². The molecule has 25 heavy (non-hydrogen) atoms. The molecule has 0 bridgehead atoms. The number of carbonyl (C=O) groups excluding carboxylic acids is 1. The van der Waals surface area contributed by atoms with Crippen molar-refractivity contribution >= 4 is 17.4 Å². The highest BCUT2D eigenvalue weighted by atomic mass is 16.5. The van der Waals surface area contributed by atoms with E-state index in [0.29, 0.717) is 28.8 Å². The van der Waals surface area contributed by atoms with E-state index in [9.17, 15) is 4.79 Å². The maximum Gasteiger partial charge on any atom is 0.274 e. The number of nitrogens with one attached hydrogen (secondary N) is 2. The molecule has 0 saturated heterocycles. The average Bonchev–Trinajstić information content (AvgIpc) is 2.58. The number of aryl methyl sites for hydroxylation is 2. The Hall–Kier alpha value is -2.63. The van der Waals surface area contributed by atoms with Crippen LogP contribution in [0.5, 0.6) is 5.75 Å². The quantitative estimate of drug-likeness (QED) is 0.710. The lowest BCUT2D eigenvalue weighted by Gasteiger charge is -2.12. The lowest BCUT2D eigenvalue weighted by atomic mass is 10.2. The predicted molar refractivity (Wildman–Crippen MR) is 100 cm³/mol. The minimum absolute atomic E-state index is 0.286. The standard InChI is InChI=1S/C19H26N4O2/c1-5-6-7-10-20-18-12-16(21-14(3)22-18)19(24)23-15-11-13(2)8-9-17(15)25-4/h8-9,11-12H,5-7,10H2,1-4H3,(H,23,24)(H,20,21,22). The lowest BCUT2D eigenvalue weighted by Crippen LogP contribution is -2.16. The summed E-state index contributed by atoms with van der Waals surface area (Å²) in [4.78, 5) is 21.2. The number of rotatable bonds is 8. The molecule has 0 aliphatic rings. The van der Waals surface area contributed by atoms with E-state index in [4.69, 9.17) is 4.74 Å². The molecule has 0 spiro atoms. The van der Waals surface area contributed by atoms with Gasteiger partial charge in [0.25, 0.3) is 5.91 Å². The molecule has 0 aliphatic heterocycles. The summed E-state index contributed by atoms with van der Waals surface area (Å²) in [6, 6.07) is 7.31. The zero-order valence-electron chi connectivity index (χ0n) is 15.3. The number of unbranched alkanes of at least 4 members (excludes halogenated alkanes) is 2. The molecule has 2 rings (SSSR count). The summed E-state index contributed by atoms with van der Waals surface area (Å²) < 4.78 is 5.30. The molecular formula is C19H26N4O2. The van der Waals surface area contributed by atoms with E-state index in [2.05, 4.69) is 27.5 Å². The Morgan fingerprint density at radius 2 is 1.96 bits per heavy atom. The third-order valence-electron chi connectivity index (χ3n) is 3.76. The average molecular weight is 342 g/mol. The van der Waals surface area contributed by atoms with Gasteiger partial charge in [-0.05, 0) is 38.0 Å². The van der Waals surface area contributed by atoms with Gasteiger partial charge in [-0.3, -0.25) is 4.79 Å². The molecule has 2 aromatic rings. The molecule has 0 atom stereocenters. The van der Waals surface area contributed by atoms with E-state index in [1.165, 1.54) is 0 Å². The van der Waals surface area contributed by atoms with Crippen molar-refractivity contribution < 1.29 is 9.53 Å². The molecule has 0 unspecified atom stereocenters. The first kappa shape index (κ1) is 18.7. The molecule has 0 aliphatic carbocycles. The fourth-order valence-corrected chi connectivity index (χ4v) is 2.47. The van der Waals surface area contributed by atoms with Gasteiger partial charge < -0.3 is 15.4 Å². The van der Waals surface area contributed by atoms with Gasteiger partial charge in [0, 0.05) is 12.6 Å². The number of ether oxygens (including phenoxy) is 1. The minimum Gasteiger partial charge on any atom is -0.495 e. The van der Waals surface area contributed by atoms with E-state index in [-0.39, 0.29) is 5.91 Å². The van der Waals surface area contributed by atoms with Gasteiger partial charge in [0.1, 0.15) is 23.1 Å². The Balaban J connectivity index is 2.13. The number of anilines is 2. The first-order chi connectivity index (χ1) is 12.0. The highest BCUT2D eigenvalue weighted by molar-refractivity contribution is 6.04. The first-order valence-electron chi connectivity index (χ1n) is 8.59. The summed E-state index contributed by atoms with van der Waals surface area (Å²) in [6.07, 6.45) is 3.40. The van der Waals surface area contributed by atoms with Crippen LogP contribution in [0.1, 0.15) is 48.1 Å². The molecule has 0 fully saturated rings. The van der Waals surface area contributed by atoms with Crippen LogP contribution in [0, 0.1) is 13.8 Å². The molecule has 2 N–H and O–H groups in total. The molecule has 134 valence electrons. The zero-order chi connectivity index (χ0) is 18.2. The maximum absolute atomic E-state index is 12.6. The smallest absolute Gasteiger partial charge is 0.274 e. The third kappa shape index (κ3) is 5.45. The molecule has 1 heterocycles. The van der Waals surface area contributed by atoms with Crippen molar-refractivity contribution in [3.63, 3.8) is 0 Å². The van der Waals surface area contributed by atoms with Crippen molar-refractivity contribution in [2.45, 2.75) is 40.0 Å². The summed E-state index contributed by atoms with van der Waals surface area (Å²) in [5, 5.41) is 6.12. The van der Waals surface area contributed by atoms with Crippen LogP contribution >= 0.6 is 0 Å². The normalized spacial score (nSPS) is 10.4. The van der Waals surface area contributed by atoms with E-state index < -0.39 is 0 Å². The Labute approximate surface area is 149 Å². The molecule has 0 radical (unpaired) electrons. The van der Waals surface area contributed by atoms with Crippen LogP contribution in [0.2, 0.25) is 0 Å². The van der Waals surface area contributed by atoms with Crippen molar-refractivity contribution in [3.8, 4) is 5.75 Å². The van der Waals surface area contributed by atoms with Gasteiger partial charge in [0.2, 0.25) is 0 Å². The Kier molecular flexibility index (Phi) is 6.74. The summed E-state index contributed by atoms with van der Waals surface area (Å²) >= 11 is 0. The molecule has 1 aromatic heterocycles. The van der Waals surface area contributed by atoms with Crippen molar-refractivity contribution in [2.75, 3.05) is 24.3 Å². The predicted octanol–water partition coefficient (Wildman–Crippen LogP) is 3.96. The topological polar surface area (TPSA) is 76.1 Å². The SMILES string of the molecule is CCCCCNc1cc(C(=O)Nc2cc(C)ccc2OC)nc(C)n1. The van der Waals surface area contributed by atoms with E-state index in [0.717, 1.165) is 31.4 Å². The number of benzene rings is 1. The minimum atomic E-state index is -0.286. The molecule has 1 aromatic carbocycles. The van der Waals surface area contributed by atoms with E-state index >= 15 is 0 Å². The van der Waals surface area contributed by atoms with Crippen LogP contribution in [0.4, 0.5) is 11.5 Å². The monoisotopic (exact) mass is 342 g/mol. The zero-order valence-corrected chi connectivity index (χ0v) is 15.3. The van der Waals surface area contributed by atoms with Gasteiger partial charge in [-0.2, -0.15) is 0 Å². The van der Waals surface area contributed by atoms with Crippen LogP contribution in [0.25, 0.3) is 0 Å². The van der Waals surface area contributed by atoms with Crippen LogP contribution in [0.15, 0.2) is 24.3 Å². The van der Waals surface area contributed by atoms with E-state index in [1.807, 2.05) is 25.1 Å². The van der Waals surface area contributed by atoms with Crippen LogP contribution in [0.3, 0.4) is 0 Å². The second kappa shape index (κ2) is 9.01. The van der Waals surface area contributed by atoms with Crippen molar-refractivity contribution in [1.82, 2.24) is 9.97 Å². The Morgan fingerprint density at radius 3 is 2.68 bits per heavy atom. The maximum atomic E-state index is 12.6. The number of amides is 1. The van der Waals surface area contributed by atoms with Crippen molar-refractivity contribution in [2.24, 2.45) is 0 Å². The van der Waals surface area contributed by atoms with Gasteiger partial charge in [0.05, 0.1) is 12.8 Å². The second-order valence-electron chi connectivity index (χ2n) is 5.98. The molecule has 6 nitrogen and oxygen atoms in total. The number of hydrogen-bond donors (Lipinski definition) is 2. The summed E-state index contributed by atoms with van der Waals surface area (Å²) in [7, 11) is 1.58. The number of methoxy groups -OCH3 is 1. The number of hydrogen-bond acceptors (Lipinski definition) is 5. The number of carbonyl (C=O) groups is 1. The summed E-state index contributed by atoms with van der Waals surface area (Å²) in [6.45, 7) is 6.73. The molecule has 1 amide bonds. The van der Waals surface area contributed by atoms with Crippen molar-refractivity contribution in [1.29, 1.82) is 0 Å². The van der Waals surface area contributed by atoms with Crippen molar-refractivity contribution in [3.05, 3.63) is 41.3 Å². The number of aromatic nitrogens is 2. The van der Waals surface area contributed by atoms with Crippen LogP contribution < -0.4 is 15.4 Å². The molecule has 6 heteroatoms. The van der Waals surface area contributed by atoms with E-state index in [1.54, 1.807) is 20.1 Å². The second-order valence-corrected chi connectivity index (χ2v) is 5.98.